The standard InChI is InChI=1S/C13H17BrFN3O/c1-17-13(19)8-2-4-18(5-3-8)12-7-10(15)9(14)6-11(12)16/h6-8H,2-5,16H2,1H3,(H,17,19). The van der Waals surface area contributed by atoms with Gasteiger partial charge in [0.25, 0.3) is 0 Å². The summed E-state index contributed by atoms with van der Waals surface area (Å²) >= 11 is 3.12. The van der Waals surface area contributed by atoms with E-state index in [1.807, 2.05) is 4.90 Å². The van der Waals surface area contributed by atoms with E-state index in [0.29, 0.717) is 28.9 Å². The Kier molecular flexibility index (Phi) is 4.29. The van der Waals surface area contributed by atoms with Crippen LogP contribution in [0.4, 0.5) is 15.8 Å². The largest absolute Gasteiger partial charge is 0.397 e. The van der Waals surface area contributed by atoms with E-state index < -0.39 is 0 Å². The van der Waals surface area contributed by atoms with Gasteiger partial charge in [-0.15, -0.1) is 0 Å². The predicted octanol–water partition coefficient (Wildman–Crippen LogP) is 2.13. The first kappa shape index (κ1) is 14.1. The first-order chi connectivity index (χ1) is 9.02. The van der Waals surface area contributed by atoms with Crippen LogP contribution < -0.4 is 16.0 Å². The highest BCUT2D eigenvalue weighted by molar-refractivity contribution is 9.10. The van der Waals surface area contributed by atoms with Gasteiger partial charge in [0.2, 0.25) is 5.91 Å². The van der Waals surface area contributed by atoms with Crippen molar-refractivity contribution in [2.75, 3.05) is 30.8 Å². The van der Waals surface area contributed by atoms with E-state index in [0.717, 1.165) is 12.8 Å². The van der Waals surface area contributed by atoms with E-state index in [1.165, 1.54) is 6.07 Å². The molecule has 3 N–H and O–H groups in total. The van der Waals surface area contributed by atoms with Crippen molar-refractivity contribution in [3.63, 3.8) is 0 Å². The molecule has 0 spiro atoms. The third-order valence-corrected chi connectivity index (χ3v) is 4.13. The van der Waals surface area contributed by atoms with Crippen molar-refractivity contribution < 1.29 is 9.18 Å². The smallest absolute Gasteiger partial charge is 0.222 e. The molecule has 1 aliphatic rings. The number of carbonyl (C=O) groups excluding carboxylic acids is 1. The minimum atomic E-state index is -0.322. The fourth-order valence-electron chi connectivity index (χ4n) is 2.41. The normalized spacial score (nSPS) is 16.5. The number of nitrogens with two attached hydrogens (primary N) is 1. The molecule has 1 aliphatic heterocycles. The molecule has 6 heteroatoms. The number of amides is 1. The average Bonchev–Trinajstić information content (AvgIpc) is 2.42. The first-order valence-corrected chi connectivity index (χ1v) is 7.03. The Morgan fingerprint density at radius 2 is 2.11 bits per heavy atom. The van der Waals surface area contributed by atoms with Crippen LogP contribution in [0.25, 0.3) is 0 Å². The van der Waals surface area contributed by atoms with E-state index in [-0.39, 0.29) is 17.6 Å². The third-order valence-electron chi connectivity index (χ3n) is 3.52. The van der Waals surface area contributed by atoms with Gasteiger partial charge in [-0.25, -0.2) is 4.39 Å². The molecule has 1 aromatic rings. The molecule has 2 rings (SSSR count). The Bertz CT molecular complexity index is 487. The van der Waals surface area contributed by atoms with Gasteiger partial charge in [0.05, 0.1) is 15.8 Å². The molecular formula is C13H17BrFN3O. The maximum atomic E-state index is 13.6. The van der Waals surface area contributed by atoms with Gasteiger partial charge in [-0.3, -0.25) is 4.79 Å². The molecule has 1 aromatic carbocycles. The number of nitrogen functional groups attached to an aromatic ring is 1. The van der Waals surface area contributed by atoms with Crippen molar-refractivity contribution in [3.05, 3.63) is 22.4 Å². The Balaban J connectivity index is 2.10. The summed E-state index contributed by atoms with van der Waals surface area (Å²) in [5.41, 5.74) is 7.18. The fraction of sp³-hybridized carbons (Fsp3) is 0.462. The van der Waals surface area contributed by atoms with Crippen molar-refractivity contribution in [2.45, 2.75) is 12.8 Å². The van der Waals surface area contributed by atoms with Gasteiger partial charge in [-0.2, -0.15) is 0 Å². The summed E-state index contributed by atoms with van der Waals surface area (Å²) in [7, 11) is 1.65. The van der Waals surface area contributed by atoms with Crippen LogP contribution in [-0.2, 0) is 4.79 Å². The maximum absolute atomic E-state index is 13.6. The summed E-state index contributed by atoms with van der Waals surface area (Å²) in [6, 6.07) is 3.02. The molecule has 0 radical (unpaired) electrons. The summed E-state index contributed by atoms with van der Waals surface area (Å²) in [5, 5.41) is 2.67. The Morgan fingerprint density at radius 3 is 2.68 bits per heavy atom. The van der Waals surface area contributed by atoms with E-state index in [2.05, 4.69) is 21.2 Å². The van der Waals surface area contributed by atoms with Crippen molar-refractivity contribution in [3.8, 4) is 0 Å². The zero-order valence-corrected chi connectivity index (χ0v) is 12.3. The summed E-state index contributed by atoms with van der Waals surface area (Å²) in [6.07, 6.45) is 1.52. The number of carbonyl (C=O) groups is 1. The van der Waals surface area contributed by atoms with Crippen molar-refractivity contribution in [1.82, 2.24) is 5.32 Å². The summed E-state index contributed by atoms with van der Waals surface area (Å²) in [5.74, 6) is -0.199. The fourth-order valence-corrected chi connectivity index (χ4v) is 2.77. The summed E-state index contributed by atoms with van der Waals surface area (Å²) in [6.45, 7) is 1.42. The SMILES string of the molecule is CNC(=O)C1CCN(c2cc(F)c(Br)cc2N)CC1. The minimum Gasteiger partial charge on any atom is -0.397 e. The molecular weight excluding hydrogens is 313 g/mol. The summed E-state index contributed by atoms with van der Waals surface area (Å²) < 4.78 is 13.9. The minimum absolute atomic E-state index is 0.0442. The number of nitrogens with one attached hydrogen (secondary N) is 1. The number of anilines is 2. The van der Waals surface area contributed by atoms with Crippen LogP contribution in [0.5, 0.6) is 0 Å². The topological polar surface area (TPSA) is 58.4 Å². The lowest BCUT2D eigenvalue weighted by Crippen LogP contribution is -2.39. The van der Waals surface area contributed by atoms with Gasteiger partial charge in [-0.1, -0.05) is 0 Å². The van der Waals surface area contributed by atoms with Gasteiger partial charge < -0.3 is 16.0 Å². The van der Waals surface area contributed by atoms with Gasteiger partial charge in [0.1, 0.15) is 5.82 Å². The van der Waals surface area contributed by atoms with Crippen LogP contribution in [0.3, 0.4) is 0 Å². The molecule has 0 aliphatic carbocycles. The van der Waals surface area contributed by atoms with Crippen molar-refractivity contribution in [1.29, 1.82) is 0 Å². The van der Waals surface area contributed by atoms with E-state index in [9.17, 15) is 9.18 Å². The Morgan fingerprint density at radius 1 is 1.47 bits per heavy atom. The van der Waals surface area contributed by atoms with Gasteiger partial charge in [0, 0.05) is 32.1 Å². The number of halogens is 2. The lowest BCUT2D eigenvalue weighted by molar-refractivity contribution is -0.125. The number of rotatable bonds is 2. The van der Waals surface area contributed by atoms with E-state index in [1.54, 1.807) is 13.1 Å². The second-order valence-electron chi connectivity index (χ2n) is 4.70. The lowest BCUT2D eigenvalue weighted by Gasteiger charge is -2.33. The molecule has 0 unspecified atom stereocenters. The van der Waals surface area contributed by atoms with Crippen LogP contribution in [-0.4, -0.2) is 26.0 Å². The monoisotopic (exact) mass is 329 g/mol. The second kappa shape index (κ2) is 5.77. The number of piperidine rings is 1. The molecule has 1 amide bonds. The second-order valence-corrected chi connectivity index (χ2v) is 5.56. The maximum Gasteiger partial charge on any atom is 0.222 e. The predicted molar refractivity (Wildman–Crippen MR) is 77.5 cm³/mol. The molecule has 4 nitrogen and oxygen atoms in total. The van der Waals surface area contributed by atoms with Gasteiger partial charge in [0.15, 0.2) is 0 Å². The Hall–Kier alpha value is -1.30. The Labute approximate surface area is 120 Å². The molecule has 104 valence electrons. The quantitative estimate of drug-likeness (QED) is 0.817. The van der Waals surface area contributed by atoms with Crippen LogP contribution in [0.1, 0.15) is 12.8 Å². The number of benzene rings is 1. The zero-order valence-electron chi connectivity index (χ0n) is 10.7. The van der Waals surface area contributed by atoms with E-state index in [4.69, 9.17) is 5.73 Å². The van der Waals surface area contributed by atoms with Crippen molar-refractivity contribution >= 4 is 33.2 Å². The average molecular weight is 330 g/mol. The molecule has 1 heterocycles. The zero-order chi connectivity index (χ0) is 14.0. The molecule has 1 fully saturated rings. The lowest BCUT2D eigenvalue weighted by atomic mass is 9.95. The number of nitrogens with zero attached hydrogens (tertiary/aromatic N) is 1. The third kappa shape index (κ3) is 3.00. The van der Waals surface area contributed by atoms with E-state index >= 15 is 0 Å². The first-order valence-electron chi connectivity index (χ1n) is 6.24. The van der Waals surface area contributed by atoms with Gasteiger partial charge >= 0.3 is 0 Å². The number of hydrogen-bond acceptors (Lipinski definition) is 3. The summed E-state index contributed by atoms with van der Waals surface area (Å²) in [4.78, 5) is 13.6. The molecule has 0 aromatic heterocycles. The van der Waals surface area contributed by atoms with Crippen LogP contribution >= 0.6 is 15.9 Å². The van der Waals surface area contributed by atoms with Crippen LogP contribution in [0, 0.1) is 11.7 Å². The molecule has 1 saturated heterocycles. The molecule has 0 bridgehead atoms. The molecule has 0 saturated carbocycles. The van der Waals surface area contributed by atoms with Crippen LogP contribution in [0.2, 0.25) is 0 Å². The van der Waals surface area contributed by atoms with Crippen molar-refractivity contribution in [2.24, 2.45) is 5.92 Å². The highest BCUT2D eigenvalue weighted by atomic mass is 79.9. The number of hydrogen-bond donors (Lipinski definition) is 2. The highest BCUT2D eigenvalue weighted by Gasteiger charge is 2.25. The molecule has 19 heavy (non-hydrogen) atoms. The highest BCUT2D eigenvalue weighted by Crippen LogP contribution is 2.32. The van der Waals surface area contributed by atoms with Gasteiger partial charge in [-0.05, 0) is 34.8 Å². The van der Waals surface area contributed by atoms with Crippen LogP contribution in [0.15, 0.2) is 16.6 Å². The molecule has 0 atom stereocenters.